The second-order valence-electron chi connectivity index (χ2n) is 4.61. The maximum absolute atomic E-state index is 11.5. The maximum atomic E-state index is 11.5. The third-order valence-electron chi connectivity index (χ3n) is 3.33. The Morgan fingerprint density at radius 2 is 2.07 bits per heavy atom. The molecule has 0 bridgehead atoms. The highest BCUT2D eigenvalue weighted by molar-refractivity contribution is 5.76. The quantitative estimate of drug-likeness (QED) is 0.658. The molecule has 1 atom stereocenters. The predicted molar refractivity (Wildman–Crippen MR) is 62.7 cm³/mol. The first kappa shape index (κ1) is 12.5. The number of hydrogen-bond donors (Lipinski definition) is 2. The van der Waals surface area contributed by atoms with E-state index in [1.54, 1.807) is 0 Å². The SMILES string of the molecule is CNCCCC(=O)N[C@@H](C)C1CCCC1. The van der Waals surface area contributed by atoms with E-state index in [1.165, 1.54) is 25.7 Å². The first-order valence-corrected chi connectivity index (χ1v) is 6.18. The molecule has 1 aliphatic carbocycles. The Balaban J connectivity index is 2.13. The van der Waals surface area contributed by atoms with Crippen molar-refractivity contribution in [2.75, 3.05) is 13.6 Å². The van der Waals surface area contributed by atoms with Crippen LogP contribution in [0, 0.1) is 5.92 Å². The normalized spacial score (nSPS) is 19.1. The van der Waals surface area contributed by atoms with Crippen molar-refractivity contribution < 1.29 is 4.79 Å². The van der Waals surface area contributed by atoms with Gasteiger partial charge in [-0.15, -0.1) is 0 Å². The Morgan fingerprint density at radius 3 is 2.67 bits per heavy atom. The highest BCUT2D eigenvalue weighted by Gasteiger charge is 2.22. The van der Waals surface area contributed by atoms with Gasteiger partial charge in [0.25, 0.3) is 0 Å². The van der Waals surface area contributed by atoms with Crippen molar-refractivity contribution >= 4 is 5.91 Å². The number of amides is 1. The molecule has 0 saturated heterocycles. The van der Waals surface area contributed by atoms with Crippen LogP contribution in [0.3, 0.4) is 0 Å². The summed E-state index contributed by atoms with van der Waals surface area (Å²) in [6.45, 7) is 3.07. The third-order valence-corrected chi connectivity index (χ3v) is 3.33. The first-order valence-electron chi connectivity index (χ1n) is 6.18. The Morgan fingerprint density at radius 1 is 1.40 bits per heavy atom. The van der Waals surface area contributed by atoms with E-state index in [0.717, 1.165) is 18.9 Å². The van der Waals surface area contributed by atoms with Crippen molar-refractivity contribution in [3.8, 4) is 0 Å². The van der Waals surface area contributed by atoms with Gasteiger partial charge >= 0.3 is 0 Å². The van der Waals surface area contributed by atoms with Gasteiger partial charge in [0.1, 0.15) is 0 Å². The van der Waals surface area contributed by atoms with Crippen LogP contribution < -0.4 is 10.6 Å². The van der Waals surface area contributed by atoms with E-state index in [2.05, 4.69) is 17.6 Å². The molecule has 0 unspecified atom stereocenters. The van der Waals surface area contributed by atoms with Gasteiger partial charge in [-0.3, -0.25) is 4.79 Å². The molecule has 2 N–H and O–H groups in total. The van der Waals surface area contributed by atoms with Crippen molar-refractivity contribution in [1.82, 2.24) is 10.6 Å². The van der Waals surface area contributed by atoms with Crippen molar-refractivity contribution in [2.24, 2.45) is 5.92 Å². The average Bonchev–Trinajstić information content (AvgIpc) is 2.70. The summed E-state index contributed by atoms with van der Waals surface area (Å²) in [5.74, 6) is 0.933. The highest BCUT2D eigenvalue weighted by Crippen LogP contribution is 2.27. The molecule has 3 nitrogen and oxygen atoms in total. The molecule has 0 aromatic heterocycles. The summed E-state index contributed by atoms with van der Waals surface area (Å²) >= 11 is 0. The van der Waals surface area contributed by atoms with Gasteiger partial charge < -0.3 is 10.6 Å². The lowest BCUT2D eigenvalue weighted by molar-refractivity contribution is -0.122. The summed E-state index contributed by atoms with van der Waals surface area (Å²) in [5.41, 5.74) is 0. The molecule has 3 heteroatoms. The Hall–Kier alpha value is -0.570. The molecular formula is C12H24N2O. The van der Waals surface area contributed by atoms with Crippen LogP contribution in [0.5, 0.6) is 0 Å². The maximum Gasteiger partial charge on any atom is 0.220 e. The van der Waals surface area contributed by atoms with E-state index in [-0.39, 0.29) is 5.91 Å². The predicted octanol–water partition coefficient (Wildman–Crippen LogP) is 1.68. The minimum Gasteiger partial charge on any atom is -0.353 e. The lowest BCUT2D eigenvalue weighted by atomic mass is 10.00. The van der Waals surface area contributed by atoms with Crippen LogP contribution in [0.4, 0.5) is 0 Å². The molecule has 0 heterocycles. The van der Waals surface area contributed by atoms with Crippen LogP contribution in [0.1, 0.15) is 45.4 Å². The van der Waals surface area contributed by atoms with Gasteiger partial charge in [-0.1, -0.05) is 12.8 Å². The zero-order valence-corrected chi connectivity index (χ0v) is 10.0. The van der Waals surface area contributed by atoms with Gasteiger partial charge in [0, 0.05) is 12.5 Å². The van der Waals surface area contributed by atoms with Gasteiger partial charge in [0.05, 0.1) is 0 Å². The van der Waals surface area contributed by atoms with Crippen LogP contribution in [0.2, 0.25) is 0 Å². The Kier molecular flexibility index (Phi) is 5.69. The largest absolute Gasteiger partial charge is 0.353 e. The fourth-order valence-corrected chi connectivity index (χ4v) is 2.33. The van der Waals surface area contributed by atoms with Crippen LogP contribution in [0.15, 0.2) is 0 Å². The summed E-state index contributed by atoms with van der Waals surface area (Å²) in [6, 6.07) is 0.370. The number of hydrogen-bond acceptors (Lipinski definition) is 2. The molecule has 1 amide bonds. The fraction of sp³-hybridized carbons (Fsp3) is 0.917. The molecule has 1 aliphatic rings. The zero-order chi connectivity index (χ0) is 11.1. The Bertz CT molecular complexity index is 188. The van der Waals surface area contributed by atoms with Crippen LogP contribution in [-0.4, -0.2) is 25.5 Å². The molecule has 88 valence electrons. The van der Waals surface area contributed by atoms with Gasteiger partial charge in [-0.25, -0.2) is 0 Å². The first-order chi connectivity index (χ1) is 7.24. The molecule has 1 fully saturated rings. The molecule has 15 heavy (non-hydrogen) atoms. The summed E-state index contributed by atoms with van der Waals surface area (Å²) in [7, 11) is 1.92. The molecule has 1 rings (SSSR count). The van der Waals surface area contributed by atoms with E-state index in [1.807, 2.05) is 7.05 Å². The van der Waals surface area contributed by atoms with Crippen LogP contribution in [0.25, 0.3) is 0 Å². The standard InChI is InChI=1S/C12H24N2O/c1-10(11-6-3-4-7-11)14-12(15)8-5-9-13-2/h10-11,13H,3-9H2,1-2H3,(H,14,15)/t10-/m0/s1. The number of carbonyl (C=O) groups excluding carboxylic acids is 1. The zero-order valence-electron chi connectivity index (χ0n) is 10.0. The van der Waals surface area contributed by atoms with Gasteiger partial charge in [0.15, 0.2) is 0 Å². The molecule has 0 aromatic rings. The summed E-state index contributed by atoms with van der Waals surface area (Å²) in [4.78, 5) is 11.5. The number of carbonyl (C=O) groups is 1. The number of nitrogens with one attached hydrogen (secondary N) is 2. The molecule has 0 aliphatic heterocycles. The number of rotatable bonds is 6. The monoisotopic (exact) mass is 212 g/mol. The van der Waals surface area contributed by atoms with E-state index in [0.29, 0.717) is 12.5 Å². The second kappa shape index (κ2) is 6.83. The lowest BCUT2D eigenvalue weighted by Gasteiger charge is -2.20. The minimum absolute atomic E-state index is 0.213. The third kappa shape index (κ3) is 4.65. The van der Waals surface area contributed by atoms with E-state index >= 15 is 0 Å². The van der Waals surface area contributed by atoms with Crippen molar-refractivity contribution in [3.05, 3.63) is 0 Å². The minimum atomic E-state index is 0.213. The van der Waals surface area contributed by atoms with Crippen LogP contribution in [-0.2, 0) is 4.79 Å². The van der Waals surface area contributed by atoms with E-state index < -0.39 is 0 Å². The molecule has 1 saturated carbocycles. The van der Waals surface area contributed by atoms with Crippen molar-refractivity contribution in [2.45, 2.75) is 51.5 Å². The van der Waals surface area contributed by atoms with Crippen LogP contribution >= 0.6 is 0 Å². The molecule has 0 radical (unpaired) electrons. The second-order valence-corrected chi connectivity index (χ2v) is 4.61. The van der Waals surface area contributed by atoms with Crippen molar-refractivity contribution in [1.29, 1.82) is 0 Å². The summed E-state index contributed by atoms with van der Waals surface area (Å²) in [5, 5.41) is 6.17. The van der Waals surface area contributed by atoms with Gasteiger partial charge in [-0.2, -0.15) is 0 Å². The van der Waals surface area contributed by atoms with Crippen molar-refractivity contribution in [3.63, 3.8) is 0 Å². The topological polar surface area (TPSA) is 41.1 Å². The molecular weight excluding hydrogens is 188 g/mol. The van der Waals surface area contributed by atoms with Gasteiger partial charge in [-0.05, 0) is 45.7 Å². The summed E-state index contributed by atoms with van der Waals surface area (Å²) in [6.07, 6.45) is 6.84. The molecule has 0 aromatic carbocycles. The lowest BCUT2D eigenvalue weighted by Crippen LogP contribution is -2.37. The fourth-order valence-electron chi connectivity index (χ4n) is 2.33. The Labute approximate surface area is 93.0 Å². The summed E-state index contributed by atoms with van der Waals surface area (Å²) < 4.78 is 0. The van der Waals surface area contributed by atoms with Gasteiger partial charge in [0.2, 0.25) is 5.91 Å². The molecule has 0 spiro atoms. The van der Waals surface area contributed by atoms with E-state index in [9.17, 15) is 4.79 Å². The average molecular weight is 212 g/mol. The van der Waals surface area contributed by atoms with E-state index in [4.69, 9.17) is 0 Å². The highest BCUT2D eigenvalue weighted by atomic mass is 16.1. The smallest absolute Gasteiger partial charge is 0.220 e.